The molecule has 1 aliphatic rings. The van der Waals surface area contributed by atoms with E-state index < -0.39 is 0 Å². The minimum Gasteiger partial charge on any atom is -0.483 e. The molecule has 0 spiro atoms. The molecule has 1 aromatic rings. The molecule has 3 atom stereocenters. The van der Waals surface area contributed by atoms with Gasteiger partial charge in [-0.1, -0.05) is 28.1 Å². The van der Waals surface area contributed by atoms with Gasteiger partial charge in [-0.25, -0.2) is 0 Å². The second-order valence-electron chi connectivity index (χ2n) is 5.19. The van der Waals surface area contributed by atoms with E-state index in [4.69, 9.17) is 14.6 Å². The van der Waals surface area contributed by atoms with E-state index in [2.05, 4.69) is 40.2 Å². The Morgan fingerprint density at radius 1 is 1.29 bits per heavy atom. The standard InChI is InChI=1S/C15H21BrO2.CH2O2/c1-2-18-15-8-11(10-17)7-13(9-15)12-3-5-14(16)6-4-12;2-1-3/h3-6,11,13,15,17H,2,7-10H2,1H3;1H,(H,2,3). The van der Waals surface area contributed by atoms with E-state index in [9.17, 15) is 5.11 Å². The lowest BCUT2D eigenvalue weighted by atomic mass is 9.77. The Hall–Kier alpha value is -0.910. The molecule has 0 heterocycles. The van der Waals surface area contributed by atoms with Gasteiger partial charge in [0.15, 0.2) is 0 Å². The summed E-state index contributed by atoms with van der Waals surface area (Å²) in [5, 5.41) is 16.3. The lowest BCUT2D eigenvalue weighted by Gasteiger charge is -2.34. The lowest BCUT2D eigenvalue weighted by molar-refractivity contribution is -0.122. The fourth-order valence-electron chi connectivity index (χ4n) is 2.91. The van der Waals surface area contributed by atoms with E-state index in [1.807, 2.05) is 6.92 Å². The number of carboxylic acid groups (broad SMARTS) is 1. The molecule has 1 fully saturated rings. The summed E-state index contributed by atoms with van der Waals surface area (Å²) in [5.41, 5.74) is 1.36. The van der Waals surface area contributed by atoms with Gasteiger partial charge in [-0.05, 0) is 55.7 Å². The molecule has 0 radical (unpaired) electrons. The largest absolute Gasteiger partial charge is 0.483 e. The van der Waals surface area contributed by atoms with Crippen LogP contribution in [0.25, 0.3) is 0 Å². The molecule has 2 N–H and O–H groups in total. The Balaban J connectivity index is 0.000000677. The maximum absolute atomic E-state index is 9.42. The van der Waals surface area contributed by atoms with Crippen molar-refractivity contribution in [3.8, 4) is 0 Å². The molecule has 1 aliphatic carbocycles. The molecule has 2 rings (SSSR count). The minimum absolute atomic E-state index is 0.250. The zero-order valence-electron chi connectivity index (χ0n) is 12.2. The summed E-state index contributed by atoms with van der Waals surface area (Å²) in [5.74, 6) is 0.893. The number of carbonyl (C=O) groups is 1. The van der Waals surface area contributed by atoms with Crippen molar-refractivity contribution in [3.63, 3.8) is 0 Å². The average molecular weight is 359 g/mol. The smallest absolute Gasteiger partial charge is 0.290 e. The molecule has 118 valence electrons. The van der Waals surface area contributed by atoms with Crippen molar-refractivity contribution in [2.24, 2.45) is 5.92 Å². The number of hydrogen-bond donors (Lipinski definition) is 2. The van der Waals surface area contributed by atoms with Crippen LogP contribution in [0.1, 0.15) is 37.7 Å². The predicted molar refractivity (Wildman–Crippen MR) is 85.4 cm³/mol. The highest BCUT2D eigenvalue weighted by Gasteiger charge is 2.29. The summed E-state index contributed by atoms with van der Waals surface area (Å²) in [6.45, 7) is 2.82. The number of halogens is 1. The van der Waals surface area contributed by atoms with Crippen LogP contribution in [0.5, 0.6) is 0 Å². The van der Waals surface area contributed by atoms with Gasteiger partial charge < -0.3 is 14.9 Å². The van der Waals surface area contributed by atoms with E-state index in [0.717, 1.165) is 30.3 Å². The van der Waals surface area contributed by atoms with Crippen LogP contribution in [0, 0.1) is 5.92 Å². The average Bonchev–Trinajstić information content (AvgIpc) is 2.49. The highest BCUT2D eigenvalue weighted by molar-refractivity contribution is 9.10. The highest BCUT2D eigenvalue weighted by Crippen LogP contribution is 2.37. The fourth-order valence-corrected chi connectivity index (χ4v) is 3.17. The second kappa shape index (κ2) is 9.92. The number of benzene rings is 1. The third-order valence-corrected chi connectivity index (χ3v) is 4.29. The third-order valence-electron chi connectivity index (χ3n) is 3.76. The molecule has 0 aromatic heterocycles. The van der Waals surface area contributed by atoms with Crippen molar-refractivity contribution in [2.75, 3.05) is 13.2 Å². The molecule has 0 amide bonds. The van der Waals surface area contributed by atoms with Crippen LogP contribution >= 0.6 is 15.9 Å². The van der Waals surface area contributed by atoms with Crippen LogP contribution in [0.15, 0.2) is 28.7 Å². The number of aliphatic hydroxyl groups excluding tert-OH is 1. The van der Waals surface area contributed by atoms with Gasteiger partial charge in [0.25, 0.3) is 6.47 Å². The number of ether oxygens (including phenoxy) is 1. The van der Waals surface area contributed by atoms with Crippen LogP contribution in [-0.2, 0) is 9.53 Å². The molecule has 0 aliphatic heterocycles. The van der Waals surface area contributed by atoms with E-state index in [1.165, 1.54) is 5.56 Å². The first-order valence-corrected chi connectivity index (χ1v) is 7.99. The van der Waals surface area contributed by atoms with Gasteiger partial charge in [0, 0.05) is 17.7 Å². The highest BCUT2D eigenvalue weighted by atomic mass is 79.9. The summed E-state index contributed by atoms with van der Waals surface area (Å²) < 4.78 is 6.88. The Morgan fingerprint density at radius 3 is 2.43 bits per heavy atom. The first kappa shape index (κ1) is 18.1. The van der Waals surface area contributed by atoms with Crippen molar-refractivity contribution in [1.82, 2.24) is 0 Å². The molecule has 5 heteroatoms. The Morgan fingerprint density at radius 2 is 1.90 bits per heavy atom. The summed E-state index contributed by atoms with van der Waals surface area (Å²) in [7, 11) is 0. The zero-order chi connectivity index (χ0) is 15.7. The second-order valence-corrected chi connectivity index (χ2v) is 6.10. The Labute approximate surface area is 134 Å². The Kier molecular flexibility index (Phi) is 8.57. The van der Waals surface area contributed by atoms with E-state index >= 15 is 0 Å². The molecule has 21 heavy (non-hydrogen) atoms. The molecule has 1 aromatic carbocycles. The van der Waals surface area contributed by atoms with Gasteiger partial charge in [-0.2, -0.15) is 0 Å². The molecular weight excluding hydrogens is 336 g/mol. The monoisotopic (exact) mass is 358 g/mol. The molecule has 3 unspecified atom stereocenters. The fraction of sp³-hybridized carbons (Fsp3) is 0.562. The van der Waals surface area contributed by atoms with Crippen LogP contribution in [0.2, 0.25) is 0 Å². The lowest BCUT2D eigenvalue weighted by Crippen LogP contribution is -2.29. The van der Waals surface area contributed by atoms with E-state index in [-0.39, 0.29) is 13.1 Å². The van der Waals surface area contributed by atoms with Crippen molar-refractivity contribution in [2.45, 2.75) is 38.2 Å². The van der Waals surface area contributed by atoms with Gasteiger partial charge in [-0.3, -0.25) is 4.79 Å². The first-order chi connectivity index (χ1) is 10.1. The quantitative estimate of drug-likeness (QED) is 0.809. The van der Waals surface area contributed by atoms with Crippen molar-refractivity contribution in [3.05, 3.63) is 34.3 Å². The Bertz CT molecular complexity index is 407. The van der Waals surface area contributed by atoms with Crippen LogP contribution in [0.3, 0.4) is 0 Å². The van der Waals surface area contributed by atoms with Gasteiger partial charge in [0.2, 0.25) is 0 Å². The summed E-state index contributed by atoms with van der Waals surface area (Å²) in [6.07, 6.45) is 3.44. The third kappa shape index (κ3) is 6.16. The van der Waals surface area contributed by atoms with Crippen LogP contribution < -0.4 is 0 Å². The van der Waals surface area contributed by atoms with Gasteiger partial charge in [0.05, 0.1) is 6.10 Å². The van der Waals surface area contributed by atoms with Crippen LogP contribution in [-0.4, -0.2) is 36.0 Å². The predicted octanol–water partition coefficient (Wildman–Crippen LogP) is 3.43. The summed E-state index contributed by atoms with van der Waals surface area (Å²) in [6, 6.07) is 8.54. The zero-order valence-corrected chi connectivity index (χ0v) is 13.8. The molecule has 1 saturated carbocycles. The van der Waals surface area contributed by atoms with Crippen molar-refractivity contribution >= 4 is 22.4 Å². The van der Waals surface area contributed by atoms with E-state index in [1.54, 1.807) is 0 Å². The SMILES string of the molecule is CCOC1CC(CO)CC(c2ccc(Br)cc2)C1.O=CO. The molecule has 0 saturated heterocycles. The maximum atomic E-state index is 9.42. The van der Waals surface area contributed by atoms with Gasteiger partial charge >= 0.3 is 0 Å². The van der Waals surface area contributed by atoms with Crippen LogP contribution in [0.4, 0.5) is 0 Å². The normalized spacial score (nSPS) is 24.8. The number of hydrogen-bond acceptors (Lipinski definition) is 3. The maximum Gasteiger partial charge on any atom is 0.290 e. The molecule has 0 bridgehead atoms. The van der Waals surface area contributed by atoms with Gasteiger partial charge in [0.1, 0.15) is 0 Å². The topological polar surface area (TPSA) is 66.8 Å². The van der Waals surface area contributed by atoms with Crippen molar-refractivity contribution < 1.29 is 19.7 Å². The van der Waals surface area contributed by atoms with E-state index in [0.29, 0.717) is 17.9 Å². The number of aliphatic hydroxyl groups is 1. The van der Waals surface area contributed by atoms with Crippen molar-refractivity contribution in [1.29, 1.82) is 0 Å². The summed E-state index contributed by atoms with van der Waals surface area (Å²) in [4.78, 5) is 8.36. The first-order valence-electron chi connectivity index (χ1n) is 7.20. The molecular formula is C16H23BrO4. The molecule has 4 nitrogen and oxygen atoms in total. The van der Waals surface area contributed by atoms with Gasteiger partial charge in [-0.15, -0.1) is 0 Å². The summed E-state index contributed by atoms with van der Waals surface area (Å²) >= 11 is 3.47. The number of rotatable bonds is 4. The minimum atomic E-state index is -0.250.